The van der Waals surface area contributed by atoms with Crippen molar-refractivity contribution in [3.05, 3.63) is 79.5 Å². The fourth-order valence-electron chi connectivity index (χ4n) is 2.21. The molecule has 0 fully saturated rings. The Morgan fingerprint density at radius 3 is 2.89 bits per heavy atom. The number of nitro benzene ring substituents is 1. The van der Waals surface area contributed by atoms with Crippen molar-refractivity contribution in [2.24, 2.45) is 0 Å². The highest BCUT2D eigenvalue weighted by Crippen LogP contribution is 2.28. The number of thiazole rings is 1. The molecular weight excluding hydrogens is 435 g/mol. The van der Waals surface area contributed by atoms with Gasteiger partial charge in [-0.3, -0.25) is 10.1 Å². The van der Waals surface area contributed by atoms with E-state index in [1.165, 1.54) is 17.5 Å². The second kappa shape index (κ2) is 8.07. The first-order valence-electron chi connectivity index (χ1n) is 7.50. The topological polar surface area (TPSA) is 91.8 Å². The van der Waals surface area contributed by atoms with Gasteiger partial charge in [-0.25, -0.2) is 9.37 Å². The predicted molar refractivity (Wildman–Crippen MR) is 106 cm³/mol. The number of allylic oxidation sites excluding steroid dienone is 1. The Hall–Kier alpha value is -3.09. The molecule has 1 aromatic heterocycles. The molecule has 0 aliphatic carbocycles. The van der Waals surface area contributed by atoms with Gasteiger partial charge in [0, 0.05) is 33.7 Å². The summed E-state index contributed by atoms with van der Waals surface area (Å²) in [6, 6.07) is 12.7. The molecule has 6 nitrogen and oxygen atoms in total. The molecule has 0 atom stereocenters. The van der Waals surface area contributed by atoms with Crippen molar-refractivity contribution in [3.63, 3.8) is 0 Å². The van der Waals surface area contributed by atoms with Gasteiger partial charge in [0.1, 0.15) is 22.5 Å². The van der Waals surface area contributed by atoms with Gasteiger partial charge in [0.05, 0.1) is 16.3 Å². The lowest BCUT2D eigenvalue weighted by Crippen LogP contribution is -1.96. The molecule has 0 saturated carbocycles. The fraction of sp³-hybridized carbons (Fsp3) is 0. The average molecular weight is 445 g/mol. The van der Waals surface area contributed by atoms with Crippen molar-refractivity contribution < 1.29 is 9.31 Å². The first kappa shape index (κ1) is 18.7. The first-order chi connectivity index (χ1) is 13.0. The maximum Gasteiger partial charge on any atom is 0.271 e. The summed E-state index contributed by atoms with van der Waals surface area (Å²) < 4.78 is 14.7. The highest BCUT2D eigenvalue weighted by atomic mass is 79.9. The van der Waals surface area contributed by atoms with Gasteiger partial charge in [-0.15, -0.1) is 11.3 Å². The second-order valence-corrected chi connectivity index (χ2v) is 7.06. The Morgan fingerprint density at radius 2 is 2.19 bits per heavy atom. The van der Waals surface area contributed by atoms with Crippen LogP contribution in [-0.2, 0) is 0 Å². The van der Waals surface area contributed by atoms with E-state index in [4.69, 9.17) is 0 Å². The van der Waals surface area contributed by atoms with E-state index in [9.17, 15) is 19.8 Å². The van der Waals surface area contributed by atoms with Crippen LogP contribution in [0, 0.1) is 27.3 Å². The number of hydrogen-bond acceptors (Lipinski definition) is 6. The number of hydrogen-bond donors (Lipinski definition) is 1. The number of aromatic nitrogens is 1. The number of nitriles is 1. The number of nitrogens with zero attached hydrogens (tertiary/aromatic N) is 3. The molecule has 0 bridgehead atoms. The quantitative estimate of drug-likeness (QED) is 0.314. The van der Waals surface area contributed by atoms with Crippen molar-refractivity contribution in [1.82, 2.24) is 4.98 Å². The van der Waals surface area contributed by atoms with Crippen LogP contribution in [0.2, 0.25) is 0 Å². The largest absolute Gasteiger partial charge is 0.358 e. The molecule has 0 unspecified atom stereocenters. The summed E-state index contributed by atoms with van der Waals surface area (Å²) in [5.41, 5.74) is 1.44. The minimum atomic E-state index is -0.664. The van der Waals surface area contributed by atoms with Crippen molar-refractivity contribution in [2.45, 2.75) is 0 Å². The van der Waals surface area contributed by atoms with Gasteiger partial charge in [-0.1, -0.05) is 28.1 Å². The molecule has 3 rings (SSSR count). The lowest BCUT2D eigenvalue weighted by atomic mass is 10.2. The monoisotopic (exact) mass is 444 g/mol. The van der Waals surface area contributed by atoms with E-state index in [-0.39, 0.29) is 16.9 Å². The van der Waals surface area contributed by atoms with Crippen molar-refractivity contribution in [3.8, 4) is 17.3 Å². The van der Waals surface area contributed by atoms with Gasteiger partial charge in [0.15, 0.2) is 0 Å². The highest BCUT2D eigenvalue weighted by molar-refractivity contribution is 9.10. The van der Waals surface area contributed by atoms with E-state index >= 15 is 0 Å². The molecule has 0 aliphatic rings. The van der Waals surface area contributed by atoms with Crippen molar-refractivity contribution in [1.29, 1.82) is 5.26 Å². The zero-order chi connectivity index (χ0) is 19.4. The molecule has 27 heavy (non-hydrogen) atoms. The number of benzene rings is 2. The maximum absolute atomic E-state index is 13.8. The van der Waals surface area contributed by atoms with Gasteiger partial charge in [0.25, 0.3) is 5.69 Å². The Kier molecular flexibility index (Phi) is 5.59. The third-order valence-electron chi connectivity index (χ3n) is 3.51. The van der Waals surface area contributed by atoms with Crippen LogP contribution in [0.3, 0.4) is 0 Å². The number of non-ortho nitro benzene ring substituents is 1. The maximum atomic E-state index is 13.8. The number of anilines is 1. The van der Waals surface area contributed by atoms with E-state index < -0.39 is 10.7 Å². The summed E-state index contributed by atoms with van der Waals surface area (Å²) in [5, 5.41) is 25.1. The highest BCUT2D eigenvalue weighted by Gasteiger charge is 2.12. The Bertz CT molecular complexity index is 1090. The van der Waals surface area contributed by atoms with Crippen LogP contribution in [0.5, 0.6) is 0 Å². The molecule has 3 aromatic rings. The third kappa shape index (κ3) is 4.36. The smallest absolute Gasteiger partial charge is 0.271 e. The Morgan fingerprint density at radius 1 is 1.37 bits per heavy atom. The molecule has 0 spiro atoms. The van der Waals surface area contributed by atoms with Crippen LogP contribution in [0.1, 0.15) is 5.01 Å². The minimum Gasteiger partial charge on any atom is -0.358 e. The summed E-state index contributed by atoms with van der Waals surface area (Å²) in [4.78, 5) is 14.6. The van der Waals surface area contributed by atoms with E-state index in [1.54, 1.807) is 0 Å². The second-order valence-electron chi connectivity index (χ2n) is 5.28. The van der Waals surface area contributed by atoms with E-state index in [2.05, 4.69) is 26.2 Å². The molecule has 1 heterocycles. The number of nitro groups is 1. The lowest BCUT2D eigenvalue weighted by Gasteiger charge is -2.03. The van der Waals surface area contributed by atoms with E-state index in [0.717, 1.165) is 28.2 Å². The molecule has 0 amide bonds. The molecular formula is C18H10BrFN4O2S. The van der Waals surface area contributed by atoms with Crippen LogP contribution in [0.4, 0.5) is 15.8 Å². The number of halogens is 2. The van der Waals surface area contributed by atoms with E-state index in [0.29, 0.717) is 10.7 Å². The SMILES string of the molecule is N#CC(=CNc1cc([N+](=O)[O-])ccc1F)c1nc(-c2cccc(Br)c2)cs1. The van der Waals surface area contributed by atoms with Gasteiger partial charge in [-0.2, -0.15) is 5.26 Å². The first-order valence-corrected chi connectivity index (χ1v) is 9.18. The van der Waals surface area contributed by atoms with Gasteiger partial charge in [0.2, 0.25) is 0 Å². The van der Waals surface area contributed by atoms with E-state index in [1.807, 2.05) is 35.7 Å². The summed E-state index contributed by atoms with van der Waals surface area (Å²) in [6.45, 7) is 0. The van der Waals surface area contributed by atoms with Crippen LogP contribution in [0.25, 0.3) is 16.8 Å². The zero-order valence-corrected chi connectivity index (χ0v) is 15.9. The molecule has 2 aromatic carbocycles. The Balaban J connectivity index is 1.87. The summed E-state index contributed by atoms with van der Waals surface area (Å²) >= 11 is 4.67. The average Bonchev–Trinajstić information content (AvgIpc) is 3.13. The predicted octanol–water partition coefficient (Wildman–Crippen LogP) is 5.60. The minimum absolute atomic E-state index is 0.0966. The normalized spacial score (nSPS) is 11.1. The van der Waals surface area contributed by atoms with Crippen LogP contribution in [-0.4, -0.2) is 9.91 Å². The molecule has 1 N–H and O–H groups in total. The number of nitrogens with one attached hydrogen (secondary N) is 1. The third-order valence-corrected chi connectivity index (χ3v) is 4.88. The van der Waals surface area contributed by atoms with Crippen molar-refractivity contribution >= 4 is 44.2 Å². The zero-order valence-electron chi connectivity index (χ0n) is 13.5. The lowest BCUT2D eigenvalue weighted by molar-refractivity contribution is -0.384. The fourth-order valence-corrected chi connectivity index (χ4v) is 3.40. The van der Waals surface area contributed by atoms with Crippen molar-refractivity contribution in [2.75, 3.05) is 5.32 Å². The summed E-state index contributed by atoms with van der Waals surface area (Å²) in [6.07, 6.45) is 1.28. The van der Waals surface area contributed by atoms with Gasteiger partial charge >= 0.3 is 0 Å². The van der Waals surface area contributed by atoms with Gasteiger partial charge < -0.3 is 5.32 Å². The standard InChI is InChI=1S/C18H10BrFN4O2S/c19-13-3-1-2-11(6-13)17-10-27-18(23-17)12(8-21)9-22-16-7-14(24(25)26)4-5-15(16)20/h1-7,9-10,22H. The molecule has 0 saturated heterocycles. The molecule has 0 aliphatic heterocycles. The van der Waals surface area contributed by atoms with Crippen LogP contribution < -0.4 is 5.32 Å². The van der Waals surface area contributed by atoms with Crippen LogP contribution >= 0.6 is 27.3 Å². The molecule has 9 heteroatoms. The Labute approximate surface area is 165 Å². The summed E-state index contributed by atoms with van der Waals surface area (Å²) in [5.74, 6) is -0.664. The summed E-state index contributed by atoms with van der Waals surface area (Å²) in [7, 11) is 0. The van der Waals surface area contributed by atoms with Crippen LogP contribution in [0.15, 0.2) is 58.5 Å². The van der Waals surface area contributed by atoms with Gasteiger partial charge in [-0.05, 0) is 18.2 Å². The molecule has 134 valence electrons. The molecule has 0 radical (unpaired) electrons. The number of rotatable bonds is 5.